The molecule has 0 aliphatic carbocycles. The molecule has 10 rings (SSSR count). The van der Waals surface area contributed by atoms with Gasteiger partial charge in [0.2, 0.25) is 0 Å². The fourth-order valence-corrected chi connectivity index (χ4v) is 7.25. The highest BCUT2D eigenvalue weighted by Gasteiger charge is 2.19. The molecule has 0 heterocycles. The van der Waals surface area contributed by atoms with Crippen LogP contribution >= 0.6 is 0 Å². The molecule has 0 aromatic heterocycles. The number of rotatable bonds is 7. The molecule has 0 fully saturated rings. The molecular formula is C54H37N. The van der Waals surface area contributed by atoms with Crippen molar-refractivity contribution in [2.45, 2.75) is 0 Å². The molecule has 258 valence electrons. The molecule has 55 heavy (non-hydrogen) atoms. The van der Waals surface area contributed by atoms with Gasteiger partial charge in [0, 0.05) is 17.1 Å². The van der Waals surface area contributed by atoms with Gasteiger partial charge in [-0.1, -0.05) is 182 Å². The number of hydrogen-bond donors (Lipinski definition) is 0. The summed E-state index contributed by atoms with van der Waals surface area (Å²) in [5, 5.41) is 3.27. The van der Waals surface area contributed by atoms with Crippen LogP contribution in [0, 0.1) is 0 Å². The Balaban J connectivity index is 1.21. The molecule has 0 spiro atoms. The summed E-state index contributed by atoms with van der Waals surface area (Å²) in [6.07, 6.45) is 0. The topological polar surface area (TPSA) is 3.24 Å². The minimum atomic E-state index is -0.817. The molecule has 0 unspecified atom stereocenters. The van der Waals surface area contributed by atoms with Crippen LogP contribution in [0.1, 0.15) is 21.9 Å². The summed E-state index contributed by atoms with van der Waals surface area (Å²) in [7, 11) is 0. The average molecular weight is 716 g/mol. The van der Waals surface area contributed by atoms with Crippen molar-refractivity contribution in [2.24, 2.45) is 0 Å². The van der Waals surface area contributed by atoms with Crippen LogP contribution in [0.25, 0.3) is 76.8 Å². The van der Waals surface area contributed by atoms with Gasteiger partial charge in [0.15, 0.2) is 0 Å². The second-order valence-corrected chi connectivity index (χ2v) is 12.9. The summed E-state index contributed by atoms with van der Waals surface area (Å²) in [6, 6.07) is 29.6. The molecule has 10 aromatic carbocycles. The first-order valence-corrected chi connectivity index (χ1v) is 17.6. The highest BCUT2D eigenvalue weighted by Crippen LogP contribution is 2.46. The van der Waals surface area contributed by atoms with Gasteiger partial charge in [-0.25, -0.2) is 0 Å². The van der Waals surface area contributed by atoms with E-state index >= 15 is 0 Å². The zero-order chi connectivity index (χ0) is 50.5. The zero-order valence-electron chi connectivity index (χ0n) is 45.1. The van der Waals surface area contributed by atoms with E-state index in [1.54, 1.807) is 24.3 Å². The number of benzene rings is 10. The van der Waals surface area contributed by atoms with Gasteiger partial charge in [-0.3, -0.25) is 0 Å². The van der Waals surface area contributed by atoms with Gasteiger partial charge in [-0.2, -0.15) is 0 Å². The fraction of sp³-hybridized carbons (Fsp3) is 0. The van der Waals surface area contributed by atoms with Crippen molar-refractivity contribution in [1.82, 2.24) is 0 Å². The number of hydrogen-bond acceptors (Lipinski definition) is 1. The summed E-state index contributed by atoms with van der Waals surface area (Å²) in [4.78, 5) is 1.06. The van der Waals surface area contributed by atoms with Crippen molar-refractivity contribution >= 4 is 49.4 Å². The fourth-order valence-electron chi connectivity index (χ4n) is 7.25. The number of para-hydroxylation sites is 1. The highest BCUT2D eigenvalue weighted by atomic mass is 15.1. The third-order valence-electron chi connectivity index (χ3n) is 9.72. The monoisotopic (exact) mass is 715 g/mol. The van der Waals surface area contributed by atoms with E-state index in [2.05, 4.69) is 48.5 Å². The molecule has 10 aromatic rings. The molecule has 0 atom stereocenters. The predicted molar refractivity (Wildman–Crippen MR) is 235 cm³/mol. The molecular weight excluding hydrogens is 663 g/mol. The van der Waals surface area contributed by atoms with E-state index < -0.39 is 130 Å². The van der Waals surface area contributed by atoms with Crippen LogP contribution in [0.5, 0.6) is 0 Å². The van der Waals surface area contributed by atoms with Crippen LogP contribution < -0.4 is 4.90 Å². The lowest BCUT2D eigenvalue weighted by molar-refractivity contribution is 1.28. The van der Waals surface area contributed by atoms with E-state index in [9.17, 15) is 5.48 Å². The van der Waals surface area contributed by atoms with E-state index in [1.807, 2.05) is 54.6 Å². The van der Waals surface area contributed by atoms with Crippen molar-refractivity contribution in [2.75, 3.05) is 4.90 Å². The maximum Gasteiger partial charge on any atom is 0.0645 e. The van der Waals surface area contributed by atoms with Crippen molar-refractivity contribution < 1.29 is 21.9 Å². The van der Waals surface area contributed by atoms with Gasteiger partial charge in [-0.05, 0) is 119 Å². The van der Waals surface area contributed by atoms with Crippen molar-refractivity contribution in [3.63, 3.8) is 0 Å². The van der Waals surface area contributed by atoms with Gasteiger partial charge in [0.05, 0.1) is 21.9 Å². The number of anilines is 3. The molecule has 0 aliphatic rings. The summed E-state index contributed by atoms with van der Waals surface area (Å²) in [5.74, 6) is 0. The molecule has 1 heteroatoms. The highest BCUT2D eigenvalue weighted by molar-refractivity contribution is 6.22. The third-order valence-corrected chi connectivity index (χ3v) is 9.72. The van der Waals surface area contributed by atoms with Crippen LogP contribution in [-0.2, 0) is 0 Å². The Morgan fingerprint density at radius 1 is 0.309 bits per heavy atom. The molecule has 0 radical (unpaired) electrons. The van der Waals surface area contributed by atoms with Crippen LogP contribution in [0.3, 0.4) is 0 Å². The Morgan fingerprint density at radius 3 is 1.60 bits per heavy atom. The number of nitrogens with zero attached hydrogens (tertiary/aromatic N) is 1. The minimum Gasteiger partial charge on any atom is -0.311 e. The SMILES string of the molecule is [2H]c1c([2H])c([2H])c(N(c2ccc(-c3ccc4c(c3)c(-c3ccccc3)c(-c3ccccc3)c3ccccc34)cc2)c2c([2H])c([2H])c(-c3c([2H])c([2H])c([2H])c4c([2H])c([2H])c([2H])c([2H])c34)c([2H])c2[2H])c([2H])c1[2H]. The Morgan fingerprint density at radius 2 is 0.873 bits per heavy atom. The molecule has 0 saturated carbocycles. The smallest absolute Gasteiger partial charge is 0.0645 e. The van der Waals surface area contributed by atoms with Crippen molar-refractivity contribution in [3.8, 4) is 44.5 Å². The molecule has 0 saturated heterocycles. The standard InChI is InChI=1S/C54H37N/c1-4-16-41(17-5-1)53-51-25-13-12-24-49(51)50-36-31-43(37-52(50)54(53)42-18-6-2-7-19-42)38-27-32-45(33-28-38)55(44-21-8-3-9-22-44)46-34-29-40(30-35-46)48-26-14-20-39-15-10-11-23-47(39)48/h1-37H/i3D,8D,9D,10D,11D,14D,15D,20D,21D,22D,23D,26D,29D,30D,34D,35D. The van der Waals surface area contributed by atoms with Crippen LogP contribution in [0.15, 0.2) is 224 Å². The normalized spacial score (nSPS) is 15.3. The first-order chi connectivity index (χ1) is 34.0. The number of fused-ring (bicyclic) bond motifs is 4. The Labute approximate surface area is 344 Å². The van der Waals surface area contributed by atoms with Gasteiger partial charge in [-0.15, -0.1) is 0 Å². The van der Waals surface area contributed by atoms with E-state index in [4.69, 9.17) is 16.4 Å². The first kappa shape index (κ1) is 19.7. The van der Waals surface area contributed by atoms with Crippen molar-refractivity contribution in [1.29, 1.82) is 0 Å². The van der Waals surface area contributed by atoms with Crippen LogP contribution in [0.4, 0.5) is 17.1 Å². The largest absolute Gasteiger partial charge is 0.311 e. The second kappa shape index (κ2) is 14.0. The Bertz CT molecular complexity index is 3810. The summed E-state index contributed by atoms with van der Waals surface area (Å²) < 4.78 is 141. The van der Waals surface area contributed by atoms with E-state index in [0.717, 1.165) is 54.3 Å². The van der Waals surface area contributed by atoms with E-state index in [0.29, 0.717) is 5.56 Å². The first-order valence-electron chi connectivity index (χ1n) is 25.6. The van der Waals surface area contributed by atoms with Crippen LogP contribution in [0.2, 0.25) is 0 Å². The molecule has 0 N–H and O–H groups in total. The zero-order valence-corrected chi connectivity index (χ0v) is 29.1. The maximum absolute atomic E-state index is 9.49. The molecule has 0 aliphatic heterocycles. The minimum absolute atomic E-state index is 0.0942. The lowest BCUT2D eigenvalue weighted by atomic mass is 9.84. The van der Waals surface area contributed by atoms with Gasteiger partial charge < -0.3 is 4.90 Å². The Hall–Kier alpha value is -7.22. The van der Waals surface area contributed by atoms with Gasteiger partial charge in [0.1, 0.15) is 0 Å². The molecule has 0 bridgehead atoms. The third kappa shape index (κ3) is 5.93. The quantitative estimate of drug-likeness (QED) is 0.149. The molecule has 0 amide bonds. The van der Waals surface area contributed by atoms with Crippen LogP contribution in [-0.4, -0.2) is 0 Å². The Kier molecular flexibility index (Phi) is 5.01. The average Bonchev–Trinajstić information content (AvgIpc) is 3.39. The summed E-state index contributed by atoms with van der Waals surface area (Å²) in [5.41, 5.74) is 3.64. The molecule has 1 nitrogen and oxygen atoms in total. The van der Waals surface area contributed by atoms with E-state index in [-0.39, 0.29) is 5.69 Å². The summed E-state index contributed by atoms with van der Waals surface area (Å²) >= 11 is 0. The van der Waals surface area contributed by atoms with Gasteiger partial charge in [0.25, 0.3) is 0 Å². The van der Waals surface area contributed by atoms with Crippen molar-refractivity contribution in [3.05, 3.63) is 224 Å². The maximum atomic E-state index is 9.49. The van der Waals surface area contributed by atoms with Gasteiger partial charge >= 0.3 is 0 Å². The second-order valence-electron chi connectivity index (χ2n) is 12.9. The predicted octanol–water partition coefficient (Wildman–Crippen LogP) is 15.3. The lowest BCUT2D eigenvalue weighted by Crippen LogP contribution is -2.09. The lowest BCUT2D eigenvalue weighted by Gasteiger charge is -2.26. The summed E-state index contributed by atoms with van der Waals surface area (Å²) in [6.45, 7) is 0. The van der Waals surface area contributed by atoms with E-state index in [1.165, 1.54) is 0 Å².